The first kappa shape index (κ1) is 24.5. The average Bonchev–Trinajstić information content (AvgIpc) is 2.71. The number of hydrogen-bond donors (Lipinski definition) is 1. The quantitative estimate of drug-likeness (QED) is 0.357. The van der Waals surface area contributed by atoms with Gasteiger partial charge in [-0.15, -0.1) is 24.0 Å². The minimum atomic E-state index is 0. The van der Waals surface area contributed by atoms with Gasteiger partial charge < -0.3 is 24.9 Å². The van der Waals surface area contributed by atoms with Gasteiger partial charge in [-0.25, -0.2) is 0 Å². The Morgan fingerprint density at radius 2 is 1.72 bits per heavy atom. The van der Waals surface area contributed by atoms with Gasteiger partial charge in [0.25, 0.3) is 0 Å². The summed E-state index contributed by atoms with van der Waals surface area (Å²) < 4.78 is 0. The second kappa shape index (κ2) is 12.2. The van der Waals surface area contributed by atoms with Gasteiger partial charge in [-0.2, -0.15) is 0 Å². The van der Waals surface area contributed by atoms with E-state index in [-0.39, 0.29) is 24.0 Å². The van der Waals surface area contributed by atoms with Gasteiger partial charge in [0.15, 0.2) is 5.96 Å². The van der Waals surface area contributed by atoms with Crippen molar-refractivity contribution in [3.8, 4) is 0 Å². The molecule has 2 heterocycles. The Hall–Kier alpha value is -0.770. The molecule has 2 aliphatic heterocycles. The molecule has 29 heavy (non-hydrogen) atoms. The summed E-state index contributed by atoms with van der Waals surface area (Å²) in [5.74, 6) is 1.62. The van der Waals surface area contributed by atoms with Crippen LogP contribution in [0.4, 0.5) is 5.69 Å². The number of para-hydroxylation sites is 1. The van der Waals surface area contributed by atoms with E-state index < -0.39 is 0 Å². The number of nitrogens with one attached hydrogen (secondary N) is 1. The Bertz CT molecular complexity index is 642. The summed E-state index contributed by atoms with van der Waals surface area (Å²) in [5, 5.41) is 4.43. The van der Waals surface area contributed by atoms with Crippen molar-refractivity contribution in [2.45, 2.75) is 6.92 Å². The van der Waals surface area contributed by atoms with Crippen molar-refractivity contribution < 1.29 is 0 Å². The molecule has 1 N–H and O–H groups in total. The highest BCUT2D eigenvalue weighted by Gasteiger charge is 2.22. The minimum absolute atomic E-state index is 0. The summed E-state index contributed by atoms with van der Waals surface area (Å²) in [5.41, 5.74) is 1.13. The number of halogens is 2. The predicted octanol–water partition coefficient (Wildman–Crippen LogP) is 2.54. The zero-order valence-electron chi connectivity index (χ0n) is 18.0. The predicted molar refractivity (Wildman–Crippen MR) is 135 cm³/mol. The largest absolute Gasteiger partial charge is 0.367 e. The molecule has 2 fully saturated rings. The van der Waals surface area contributed by atoms with E-state index in [1.54, 1.807) is 0 Å². The molecule has 0 aromatic heterocycles. The fraction of sp³-hybridized carbons (Fsp3) is 0.667. The van der Waals surface area contributed by atoms with Crippen molar-refractivity contribution in [3.05, 3.63) is 29.3 Å². The lowest BCUT2D eigenvalue weighted by Gasteiger charge is -2.38. The van der Waals surface area contributed by atoms with Gasteiger partial charge in [0, 0.05) is 72.5 Å². The fourth-order valence-corrected chi connectivity index (χ4v) is 4.26. The number of aliphatic imine (C=N–C) groups is 1. The summed E-state index contributed by atoms with van der Waals surface area (Å²) in [7, 11) is 4.09. The summed E-state index contributed by atoms with van der Waals surface area (Å²) in [6.07, 6.45) is 0. The van der Waals surface area contributed by atoms with Crippen LogP contribution in [0.15, 0.2) is 29.3 Å². The lowest BCUT2D eigenvalue weighted by atomic mass is 10.1. The maximum Gasteiger partial charge on any atom is 0.193 e. The molecule has 0 amide bonds. The molecule has 1 unspecified atom stereocenters. The number of hydrogen-bond acceptors (Lipinski definition) is 4. The van der Waals surface area contributed by atoms with E-state index in [2.05, 4.69) is 56.0 Å². The molecule has 0 saturated carbocycles. The Morgan fingerprint density at radius 3 is 2.34 bits per heavy atom. The van der Waals surface area contributed by atoms with Gasteiger partial charge in [0.2, 0.25) is 0 Å². The first-order valence-corrected chi connectivity index (χ1v) is 10.8. The van der Waals surface area contributed by atoms with Gasteiger partial charge in [-0.1, -0.05) is 30.7 Å². The molecular weight excluding hydrogens is 499 g/mol. The lowest BCUT2D eigenvalue weighted by molar-refractivity contribution is 0.139. The molecule has 6 nitrogen and oxygen atoms in total. The van der Waals surface area contributed by atoms with Gasteiger partial charge >= 0.3 is 0 Å². The molecule has 0 radical (unpaired) electrons. The monoisotopic (exact) mass is 534 g/mol. The maximum absolute atomic E-state index is 6.36. The van der Waals surface area contributed by atoms with Gasteiger partial charge in [0.05, 0.1) is 10.7 Å². The van der Waals surface area contributed by atoms with Crippen LogP contribution in [0.2, 0.25) is 5.02 Å². The normalized spacial score (nSPS) is 20.3. The summed E-state index contributed by atoms with van der Waals surface area (Å²) in [6.45, 7) is 13.0. The maximum atomic E-state index is 6.36. The molecule has 0 spiro atoms. The summed E-state index contributed by atoms with van der Waals surface area (Å²) in [4.78, 5) is 14.2. The zero-order valence-corrected chi connectivity index (χ0v) is 21.1. The first-order chi connectivity index (χ1) is 13.6. The van der Waals surface area contributed by atoms with Crippen molar-refractivity contribution in [3.63, 3.8) is 0 Å². The molecule has 0 bridgehead atoms. The number of benzene rings is 1. The van der Waals surface area contributed by atoms with Gasteiger partial charge in [0.1, 0.15) is 0 Å². The molecule has 1 atom stereocenters. The second-order valence-electron chi connectivity index (χ2n) is 8.06. The Morgan fingerprint density at radius 1 is 1.07 bits per heavy atom. The van der Waals surface area contributed by atoms with Crippen LogP contribution in [0.5, 0.6) is 0 Å². The number of anilines is 1. The number of rotatable bonds is 5. The van der Waals surface area contributed by atoms with Crippen LogP contribution in [-0.4, -0.2) is 100 Å². The summed E-state index contributed by atoms with van der Waals surface area (Å²) in [6, 6.07) is 8.10. The van der Waals surface area contributed by atoms with E-state index in [0.29, 0.717) is 5.92 Å². The number of guanidine groups is 1. The van der Waals surface area contributed by atoms with Crippen LogP contribution in [0.3, 0.4) is 0 Å². The minimum Gasteiger partial charge on any atom is -0.367 e. The number of nitrogens with zero attached hydrogens (tertiary/aromatic N) is 5. The van der Waals surface area contributed by atoms with E-state index >= 15 is 0 Å². The van der Waals surface area contributed by atoms with Crippen molar-refractivity contribution in [1.82, 2.24) is 20.0 Å². The van der Waals surface area contributed by atoms with E-state index in [1.807, 2.05) is 19.2 Å². The Balaban J connectivity index is 0.00000300. The molecule has 1 aromatic carbocycles. The van der Waals surface area contributed by atoms with Crippen LogP contribution in [0.1, 0.15) is 6.92 Å². The van der Waals surface area contributed by atoms with Crippen molar-refractivity contribution in [1.29, 1.82) is 0 Å². The molecule has 3 rings (SSSR count). The topological polar surface area (TPSA) is 37.4 Å². The third-order valence-electron chi connectivity index (χ3n) is 5.76. The van der Waals surface area contributed by atoms with Crippen LogP contribution >= 0.6 is 35.6 Å². The zero-order chi connectivity index (χ0) is 19.9. The van der Waals surface area contributed by atoms with Gasteiger partial charge in [-0.05, 0) is 25.1 Å². The van der Waals surface area contributed by atoms with Crippen molar-refractivity contribution in [2.24, 2.45) is 10.9 Å². The smallest absolute Gasteiger partial charge is 0.193 e. The third kappa shape index (κ3) is 7.15. The molecule has 2 aliphatic rings. The van der Waals surface area contributed by atoms with Crippen LogP contribution in [0.25, 0.3) is 0 Å². The van der Waals surface area contributed by atoms with Gasteiger partial charge in [-0.3, -0.25) is 4.99 Å². The summed E-state index contributed by atoms with van der Waals surface area (Å²) >= 11 is 6.36. The molecule has 2 saturated heterocycles. The third-order valence-corrected chi connectivity index (χ3v) is 6.08. The first-order valence-electron chi connectivity index (χ1n) is 10.4. The Kier molecular flexibility index (Phi) is 10.3. The van der Waals surface area contributed by atoms with Crippen molar-refractivity contribution in [2.75, 3.05) is 84.4 Å². The standard InChI is InChI=1S/C21H35ClN6.HI/c1-18(17-26-10-8-25(3)9-11-26)16-24-21(23-2)28-14-12-27(13-15-28)20-7-5-4-6-19(20)22;/h4-7,18H,8-17H2,1-3H3,(H,23,24);1H. The fourth-order valence-electron chi connectivity index (χ4n) is 4.00. The van der Waals surface area contributed by atoms with E-state index in [0.717, 1.165) is 55.9 Å². The highest BCUT2D eigenvalue weighted by Crippen LogP contribution is 2.26. The second-order valence-corrected chi connectivity index (χ2v) is 8.47. The SMILES string of the molecule is CN=C(NCC(C)CN1CCN(C)CC1)N1CCN(c2ccccc2Cl)CC1.I. The van der Waals surface area contributed by atoms with E-state index in [1.165, 1.54) is 26.2 Å². The number of piperazine rings is 2. The lowest BCUT2D eigenvalue weighted by Crippen LogP contribution is -2.53. The van der Waals surface area contributed by atoms with Crippen molar-refractivity contribution >= 4 is 47.2 Å². The van der Waals surface area contributed by atoms with E-state index in [4.69, 9.17) is 11.6 Å². The van der Waals surface area contributed by atoms with Crippen LogP contribution in [0, 0.1) is 5.92 Å². The highest BCUT2D eigenvalue weighted by atomic mass is 127. The molecule has 0 aliphatic carbocycles. The number of likely N-dealkylation sites (N-methyl/N-ethyl adjacent to an activating group) is 1. The molecule has 1 aromatic rings. The van der Waals surface area contributed by atoms with Crippen LogP contribution < -0.4 is 10.2 Å². The highest BCUT2D eigenvalue weighted by molar-refractivity contribution is 14.0. The van der Waals surface area contributed by atoms with E-state index in [9.17, 15) is 0 Å². The molecular formula is C21H36ClIN6. The molecule has 164 valence electrons. The van der Waals surface area contributed by atoms with Crippen LogP contribution in [-0.2, 0) is 0 Å². The Labute approximate surface area is 198 Å². The average molecular weight is 535 g/mol. The molecule has 8 heteroatoms.